The summed E-state index contributed by atoms with van der Waals surface area (Å²) in [5.41, 5.74) is 1.32. The summed E-state index contributed by atoms with van der Waals surface area (Å²) in [4.78, 5) is 13.3. The third-order valence-electron chi connectivity index (χ3n) is 3.48. The van der Waals surface area contributed by atoms with Crippen molar-refractivity contribution in [3.8, 4) is 0 Å². The van der Waals surface area contributed by atoms with Gasteiger partial charge in [-0.15, -0.1) is 11.8 Å². The number of hydrogen-bond donors (Lipinski definition) is 2. The number of carbonyl (C=O) groups is 1. The Balaban J connectivity index is 1.84. The molecule has 2 aromatic carbocycles. The molecule has 2 N–H and O–H groups in total. The van der Waals surface area contributed by atoms with Crippen molar-refractivity contribution < 1.29 is 13.2 Å². The molecular weight excluding hydrogens is 436 g/mol. The molecular formula is C18H21BrN2O3S2. The van der Waals surface area contributed by atoms with E-state index < -0.39 is 10.0 Å². The second-order valence-corrected chi connectivity index (χ2v) is 9.67. The molecule has 0 aliphatic carbocycles. The number of thioether (sulfide) groups is 1. The van der Waals surface area contributed by atoms with Crippen molar-refractivity contribution in [2.24, 2.45) is 0 Å². The summed E-state index contributed by atoms with van der Waals surface area (Å²) in [6.07, 6.45) is 1.51. The van der Waals surface area contributed by atoms with Crippen molar-refractivity contribution >= 4 is 49.3 Å². The highest BCUT2D eigenvalue weighted by atomic mass is 79.9. The van der Waals surface area contributed by atoms with E-state index in [9.17, 15) is 13.2 Å². The molecule has 0 aromatic heterocycles. The van der Waals surface area contributed by atoms with E-state index >= 15 is 0 Å². The number of rotatable bonds is 8. The van der Waals surface area contributed by atoms with Crippen molar-refractivity contribution in [3.63, 3.8) is 0 Å². The summed E-state index contributed by atoms with van der Waals surface area (Å²) in [6.45, 7) is 1.87. The van der Waals surface area contributed by atoms with Gasteiger partial charge in [-0.1, -0.05) is 28.1 Å². The zero-order chi connectivity index (χ0) is 19.2. The van der Waals surface area contributed by atoms with E-state index in [1.54, 1.807) is 30.0 Å². The Morgan fingerprint density at radius 1 is 1.19 bits per heavy atom. The van der Waals surface area contributed by atoms with Gasteiger partial charge in [-0.05, 0) is 48.9 Å². The Morgan fingerprint density at radius 2 is 1.88 bits per heavy atom. The molecule has 0 aliphatic heterocycles. The fraction of sp³-hybridized carbons (Fsp3) is 0.278. The number of amides is 1. The summed E-state index contributed by atoms with van der Waals surface area (Å²) in [5.74, 6) is 0.652. The first-order valence-corrected chi connectivity index (χ1v) is 11.7. The van der Waals surface area contributed by atoms with Crippen molar-refractivity contribution in [1.29, 1.82) is 0 Å². The van der Waals surface area contributed by atoms with Crippen LogP contribution in [0, 0.1) is 0 Å². The van der Waals surface area contributed by atoms with Crippen LogP contribution in [-0.4, -0.2) is 26.3 Å². The van der Waals surface area contributed by atoms with Gasteiger partial charge in [-0.2, -0.15) is 0 Å². The lowest BCUT2D eigenvalue weighted by molar-refractivity contribution is -0.121. The van der Waals surface area contributed by atoms with Gasteiger partial charge < -0.3 is 5.32 Å². The first-order valence-electron chi connectivity index (χ1n) is 7.98. The monoisotopic (exact) mass is 456 g/mol. The molecule has 140 valence electrons. The first kappa shape index (κ1) is 20.8. The molecule has 5 nitrogen and oxygen atoms in total. The third-order valence-corrected chi connectivity index (χ3v) is 5.63. The Hall–Kier alpha value is -1.51. The van der Waals surface area contributed by atoms with Crippen LogP contribution >= 0.6 is 27.7 Å². The summed E-state index contributed by atoms with van der Waals surface area (Å²) in [5, 5.41) is 2.94. The number of nitrogens with one attached hydrogen (secondary N) is 2. The second kappa shape index (κ2) is 9.43. The first-order chi connectivity index (χ1) is 12.2. The van der Waals surface area contributed by atoms with Gasteiger partial charge in [0.1, 0.15) is 0 Å². The van der Waals surface area contributed by atoms with Crippen molar-refractivity contribution in [1.82, 2.24) is 5.32 Å². The Labute approximate surface area is 167 Å². The topological polar surface area (TPSA) is 75.3 Å². The summed E-state index contributed by atoms with van der Waals surface area (Å²) >= 11 is 5.03. The van der Waals surface area contributed by atoms with Gasteiger partial charge in [0.2, 0.25) is 15.9 Å². The molecule has 8 heteroatoms. The fourth-order valence-corrected chi connectivity index (χ4v) is 3.95. The highest BCUT2D eigenvalue weighted by Gasteiger charge is 2.11. The molecule has 0 aliphatic rings. The number of sulfonamides is 1. The quantitative estimate of drug-likeness (QED) is 0.584. The Morgan fingerprint density at radius 3 is 2.54 bits per heavy atom. The van der Waals surface area contributed by atoms with Crippen LogP contribution in [0.2, 0.25) is 0 Å². The number of benzene rings is 2. The molecule has 0 radical (unpaired) electrons. The van der Waals surface area contributed by atoms with E-state index in [4.69, 9.17) is 0 Å². The molecule has 0 heterocycles. The Bertz CT molecular complexity index is 855. The third kappa shape index (κ3) is 7.39. The smallest absolute Gasteiger partial charge is 0.229 e. The van der Waals surface area contributed by atoms with E-state index in [2.05, 4.69) is 26.0 Å². The SMILES string of the molecule is CC(NC(=O)CCSc1ccc(Br)cc1)c1cccc(NS(C)(=O)=O)c1. The lowest BCUT2D eigenvalue weighted by Crippen LogP contribution is -2.26. The molecule has 1 unspecified atom stereocenters. The average molecular weight is 457 g/mol. The molecule has 2 aromatic rings. The average Bonchev–Trinajstić information content (AvgIpc) is 2.55. The summed E-state index contributed by atoms with van der Waals surface area (Å²) in [7, 11) is -3.33. The Kier molecular flexibility index (Phi) is 7.55. The predicted molar refractivity (Wildman–Crippen MR) is 111 cm³/mol. The van der Waals surface area contributed by atoms with Crippen LogP contribution in [0.4, 0.5) is 5.69 Å². The van der Waals surface area contributed by atoms with E-state index in [-0.39, 0.29) is 11.9 Å². The van der Waals surface area contributed by atoms with Crippen molar-refractivity contribution in [2.45, 2.75) is 24.3 Å². The molecule has 0 saturated carbocycles. The molecule has 0 saturated heterocycles. The zero-order valence-corrected chi connectivity index (χ0v) is 17.7. The second-order valence-electron chi connectivity index (χ2n) is 5.84. The standard InChI is InChI=1S/C18H21BrN2O3S2/c1-13(14-4-3-5-16(12-14)21-26(2,23)24)20-18(22)10-11-25-17-8-6-15(19)7-9-17/h3-9,12-13,21H,10-11H2,1-2H3,(H,20,22). The normalized spacial score (nSPS) is 12.4. The summed E-state index contributed by atoms with van der Waals surface area (Å²) < 4.78 is 26.1. The fourth-order valence-electron chi connectivity index (χ4n) is 2.27. The number of carbonyl (C=O) groups excluding carboxylic acids is 1. The largest absolute Gasteiger partial charge is 0.350 e. The van der Waals surface area contributed by atoms with Gasteiger partial charge in [0.15, 0.2) is 0 Å². The van der Waals surface area contributed by atoms with E-state index in [1.807, 2.05) is 37.3 Å². The maximum atomic E-state index is 12.1. The molecule has 0 bridgehead atoms. The highest BCUT2D eigenvalue weighted by molar-refractivity contribution is 9.10. The van der Waals surface area contributed by atoms with Gasteiger partial charge in [0, 0.05) is 27.2 Å². The molecule has 1 amide bonds. The molecule has 2 rings (SSSR count). The molecule has 0 spiro atoms. The van der Waals surface area contributed by atoms with Crippen LogP contribution in [-0.2, 0) is 14.8 Å². The minimum absolute atomic E-state index is 0.0383. The van der Waals surface area contributed by atoms with Crippen LogP contribution in [0.3, 0.4) is 0 Å². The van der Waals surface area contributed by atoms with Crippen molar-refractivity contribution in [2.75, 3.05) is 16.7 Å². The number of halogens is 1. The van der Waals surface area contributed by atoms with Crippen LogP contribution < -0.4 is 10.0 Å². The van der Waals surface area contributed by atoms with Crippen LogP contribution in [0.15, 0.2) is 57.9 Å². The van der Waals surface area contributed by atoms with E-state index in [1.165, 1.54) is 0 Å². The van der Waals surface area contributed by atoms with E-state index in [0.29, 0.717) is 17.9 Å². The minimum atomic E-state index is -3.33. The predicted octanol–water partition coefficient (Wildman–Crippen LogP) is 4.18. The number of anilines is 1. The van der Waals surface area contributed by atoms with Gasteiger partial charge in [0.05, 0.1) is 12.3 Å². The molecule has 26 heavy (non-hydrogen) atoms. The minimum Gasteiger partial charge on any atom is -0.350 e. The molecule has 0 fully saturated rings. The zero-order valence-electron chi connectivity index (χ0n) is 14.5. The van der Waals surface area contributed by atoms with Crippen LogP contribution in [0.25, 0.3) is 0 Å². The van der Waals surface area contributed by atoms with Gasteiger partial charge in [-0.25, -0.2) is 8.42 Å². The highest BCUT2D eigenvalue weighted by Crippen LogP contribution is 2.22. The van der Waals surface area contributed by atoms with E-state index in [0.717, 1.165) is 21.2 Å². The van der Waals surface area contributed by atoms with Gasteiger partial charge in [-0.3, -0.25) is 9.52 Å². The summed E-state index contributed by atoms with van der Waals surface area (Å²) in [6, 6.07) is 14.8. The van der Waals surface area contributed by atoms with Gasteiger partial charge >= 0.3 is 0 Å². The lowest BCUT2D eigenvalue weighted by Gasteiger charge is -2.15. The molecule has 1 atom stereocenters. The van der Waals surface area contributed by atoms with Crippen LogP contribution in [0.1, 0.15) is 24.9 Å². The maximum absolute atomic E-state index is 12.1. The lowest BCUT2D eigenvalue weighted by atomic mass is 10.1. The maximum Gasteiger partial charge on any atom is 0.229 e. The van der Waals surface area contributed by atoms with Crippen LogP contribution in [0.5, 0.6) is 0 Å². The number of hydrogen-bond acceptors (Lipinski definition) is 4. The van der Waals surface area contributed by atoms with Gasteiger partial charge in [0.25, 0.3) is 0 Å². The van der Waals surface area contributed by atoms with Crippen molar-refractivity contribution in [3.05, 3.63) is 58.6 Å².